The summed E-state index contributed by atoms with van der Waals surface area (Å²) in [6.45, 7) is 0.468. The van der Waals surface area contributed by atoms with Crippen LogP contribution in [0.25, 0.3) is 0 Å². The van der Waals surface area contributed by atoms with Crippen LogP contribution in [0, 0.1) is 5.92 Å². The van der Waals surface area contributed by atoms with Gasteiger partial charge in [0.1, 0.15) is 12.2 Å². The smallest absolute Gasteiger partial charge is 0.251 e. The van der Waals surface area contributed by atoms with Gasteiger partial charge in [-0.2, -0.15) is 0 Å². The summed E-state index contributed by atoms with van der Waals surface area (Å²) in [6, 6.07) is 3.63. The van der Waals surface area contributed by atoms with E-state index in [2.05, 4.69) is 20.5 Å². The lowest BCUT2D eigenvalue weighted by molar-refractivity contribution is 0.0916. The minimum Gasteiger partial charge on any atom is -0.393 e. The molecule has 0 spiro atoms. The van der Waals surface area contributed by atoms with Crippen molar-refractivity contribution in [2.75, 3.05) is 6.54 Å². The first-order valence-corrected chi connectivity index (χ1v) is 8.88. The number of aromatic nitrogens is 4. The molecule has 0 saturated heterocycles. The summed E-state index contributed by atoms with van der Waals surface area (Å²) in [6.07, 6.45) is 6.74. The average molecular weight is 341 g/mol. The molecule has 0 aliphatic heterocycles. The van der Waals surface area contributed by atoms with Crippen LogP contribution in [-0.2, 0) is 7.05 Å². The lowest BCUT2D eigenvalue weighted by atomic mass is 10.0. The molecular weight excluding hydrogens is 318 g/mol. The van der Waals surface area contributed by atoms with Crippen molar-refractivity contribution in [3.8, 4) is 0 Å². The zero-order valence-corrected chi connectivity index (χ0v) is 14.3. The van der Waals surface area contributed by atoms with Crippen molar-refractivity contribution in [2.24, 2.45) is 13.0 Å². The van der Waals surface area contributed by atoms with Crippen LogP contribution < -0.4 is 5.32 Å². The van der Waals surface area contributed by atoms with E-state index in [1.165, 1.54) is 0 Å². The second-order valence-electron chi connectivity index (χ2n) is 7.25. The summed E-state index contributed by atoms with van der Waals surface area (Å²) < 4.78 is 1.90. The van der Waals surface area contributed by atoms with Crippen LogP contribution in [0.15, 0.2) is 24.7 Å². The van der Waals surface area contributed by atoms with Gasteiger partial charge >= 0.3 is 0 Å². The molecule has 2 saturated carbocycles. The van der Waals surface area contributed by atoms with Crippen LogP contribution in [0.4, 0.5) is 0 Å². The van der Waals surface area contributed by atoms with Crippen LogP contribution in [0.2, 0.25) is 0 Å². The molecule has 2 heterocycles. The maximum absolute atomic E-state index is 12.4. The molecule has 2 aromatic rings. The Balaban J connectivity index is 1.35. The summed E-state index contributed by atoms with van der Waals surface area (Å²) in [5, 5.41) is 21.4. The summed E-state index contributed by atoms with van der Waals surface area (Å²) in [5.41, 5.74) is 1.66. The molecule has 2 fully saturated rings. The quantitative estimate of drug-likeness (QED) is 0.857. The molecule has 0 aromatic carbocycles. The normalized spacial score (nSPS) is 25.9. The van der Waals surface area contributed by atoms with Gasteiger partial charge in [0.2, 0.25) is 0 Å². The zero-order valence-electron chi connectivity index (χ0n) is 14.3. The first kappa shape index (κ1) is 16.2. The Hall–Kier alpha value is -2.28. The van der Waals surface area contributed by atoms with Crippen LogP contribution in [0.5, 0.6) is 0 Å². The second kappa shape index (κ2) is 6.55. The topological polar surface area (TPSA) is 92.9 Å². The third-order valence-corrected chi connectivity index (χ3v) is 5.33. The van der Waals surface area contributed by atoms with Crippen molar-refractivity contribution >= 4 is 5.91 Å². The molecule has 0 radical (unpaired) electrons. The standard InChI is InChI=1S/C18H23N5O2/c1-23-10-21-22-17(23)13-6-14(16(24)8-13)9-20-18(25)12-4-5-19-15(7-12)11-2-3-11/h4-5,7,10-11,13-14,16,24H,2-3,6,8-9H2,1H3,(H,20,25)/t13-,14+,16+/m0/s1. The van der Waals surface area contributed by atoms with Crippen LogP contribution >= 0.6 is 0 Å². The highest BCUT2D eigenvalue weighted by molar-refractivity contribution is 5.94. The molecule has 25 heavy (non-hydrogen) atoms. The summed E-state index contributed by atoms with van der Waals surface area (Å²) in [4.78, 5) is 16.8. The van der Waals surface area contributed by atoms with E-state index in [1.807, 2.05) is 17.7 Å². The second-order valence-corrected chi connectivity index (χ2v) is 7.25. The Labute approximate surface area is 146 Å². The molecule has 3 atom stereocenters. The number of hydrogen-bond acceptors (Lipinski definition) is 5. The largest absolute Gasteiger partial charge is 0.393 e. The van der Waals surface area contributed by atoms with Gasteiger partial charge in [-0.05, 0) is 37.8 Å². The molecule has 0 unspecified atom stereocenters. The van der Waals surface area contributed by atoms with Crippen molar-refractivity contribution in [3.05, 3.63) is 41.7 Å². The molecule has 0 bridgehead atoms. The average Bonchev–Trinajstić information content (AvgIpc) is 3.29. The van der Waals surface area contributed by atoms with Crippen molar-refractivity contribution in [3.63, 3.8) is 0 Å². The van der Waals surface area contributed by atoms with Gasteiger partial charge in [0.15, 0.2) is 0 Å². The molecule has 1 amide bonds. The molecule has 2 N–H and O–H groups in total. The number of aryl methyl sites for hydroxylation is 1. The van der Waals surface area contributed by atoms with Crippen LogP contribution in [0.3, 0.4) is 0 Å². The number of aliphatic hydroxyl groups excluding tert-OH is 1. The number of pyridine rings is 1. The fourth-order valence-corrected chi connectivity index (χ4v) is 3.71. The van der Waals surface area contributed by atoms with E-state index in [0.29, 0.717) is 24.4 Å². The van der Waals surface area contributed by atoms with Crippen molar-refractivity contribution < 1.29 is 9.90 Å². The van der Waals surface area contributed by atoms with Gasteiger partial charge in [-0.1, -0.05) is 0 Å². The highest BCUT2D eigenvalue weighted by Crippen LogP contribution is 2.39. The van der Waals surface area contributed by atoms with E-state index in [1.54, 1.807) is 18.6 Å². The molecule has 2 aromatic heterocycles. The monoisotopic (exact) mass is 341 g/mol. The van der Waals surface area contributed by atoms with Crippen molar-refractivity contribution in [1.82, 2.24) is 25.1 Å². The third-order valence-electron chi connectivity index (χ3n) is 5.33. The first-order valence-electron chi connectivity index (χ1n) is 8.88. The van der Waals surface area contributed by atoms with E-state index in [4.69, 9.17) is 0 Å². The molecular formula is C18H23N5O2. The molecule has 7 heteroatoms. The highest BCUT2D eigenvalue weighted by Gasteiger charge is 2.36. The van der Waals surface area contributed by atoms with Crippen LogP contribution in [-0.4, -0.2) is 43.4 Å². The number of aliphatic hydroxyl groups is 1. The predicted molar refractivity (Wildman–Crippen MR) is 91.0 cm³/mol. The highest BCUT2D eigenvalue weighted by atomic mass is 16.3. The van der Waals surface area contributed by atoms with Gasteiger partial charge in [-0.15, -0.1) is 10.2 Å². The lowest BCUT2D eigenvalue weighted by Gasteiger charge is -2.15. The first-order chi connectivity index (χ1) is 12.1. The number of nitrogens with one attached hydrogen (secondary N) is 1. The maximum Gasteiger partial charge on any atom is 0.251 e. The van der Waals surface area contributed by atoms with E-state index in [-0.39, 0.29) is 17.7 Å². The van der Waals surface area contributed by atoms with E-state index in [9.17, 15) is 9.90 Å². The Bertz CT molecular complexity index is 770. The molecule has 7 nitrogen and oxygen atoms in total. The molecule has 4 rings (SSSR count). The van der Waals surface area contributed by atoms with Gasteiger partial charge in [0.05, 0.1) is 6.10 Å². The zero-order chi connectivity index (χ0) is 17.4. The van der Waals surface area contributed by atoms with E-state index < -0.39 is 6.10 Å². The fraction of sp³-hybridized carbons (Fsp3) is 0.556. The SMILES string of the molecule is Cn1cnnc1[C@H]1C[C@H](CNC(=O)c2ccnc(C3CC3)c2)[C@H](O)C1. The summed E-state index contributed by atoms with van der Waals surface area (Å²) in [7, 11) is 1.91. The van der Waals surface area contributed by atoms with E-state index >= 15 is 0 Å². The molecule has 2 aliphatic rings. The van der Waals surface area contributed by atoms with E-state index in [0.717, 1.165) is 30.8 Å². The number of carbonyl (C=O) groups excluding carboxylic acids is 1. The minimum atomic E-state index is -0.429. The molecule has 2 aliphatic carbocycles. The summed E-state index contributed by atoms with van der Waals surface area (Å²) in [5.74, 6) is 1.55. The number of hydrogen-bond donors (Lipinski definition) is 2. The third kappa shape index (κ3) is 3.42. The lowest BCUT2D eigenvalue weighted by Crippen LogP contribution is -2.32. The number of amides is 1. The minimum absolute atomic E-state index is 0.0374. The van der Waals surface area contributed by atoms with Crippen LogP contribution in [0.1, 0.15) is 59.4 Å². The van der Waals surface area contributed by atoms with Gasteiger partial charge in [0, 0.05) is 48.8 Å². The predicted octanol–water partition coefficient (Wildman–Crippen LogP) is 1.37. The Morgan fingerprint density at radius 3 is 2.92 bits per heavy atom. The van der Waals surface area contributed by atoms with Crippen molar-refractivity contribution in [1.29, 1.82) is 0 Å². The van der Waals surface area contributed by atoms with Crippen molar-refractivity contribution in [2.45, 2.75) is 43.6 Å². The fourth-order valence-electron chi connectivity index (χ4n) is 3.71. The van der Waals surface area contributed by atoms with Gasteiger partial charge in [-0.3, -0.25) is 9.78 Å². The maximum atomic E-state index is 12.4. The van der Waals surface area contributed by atoms with Gasteiger partial charge in [-0.25, -0.2) is 0 Å². The number of nitrogens with zero attached hydrogens (tertiary/aromatic N) is 4. The summed E-state index contributed by atoms with van der Waals surface area (Å²) >= 11 is 0. The Kier molecular flexibility index (Phi) is 4.25. The number of carbonyl (C=O) groups is 1. The number of rotatable bonds is 5. The van der Waals surface area contributed by atoms with Gasteiger partial charge < -0.3 is 15.0 Å². The van der Waals surface area contributed by atoms with Gasteiger partial charge in [0.25, 0.3) is 5.91 Å². The Morgan fingerprint density at radius 2 is 2.20 bits per heavy atom. The Morgan fingerprint density at radius 1 is 1.36 bits per heavy atom. The molecule has 132 valence electrons.